The summed E-state index contributed by atoms with van der Waals surface area (Å²) in [4.78, 5) is 30.3. The highest BCUT2D eigenvalue weighted by Crippen LogP contribution is 2.71. The molecule has 442 valence electrons. The minimum absolute atomic E-state index is 0.00336. The van der Waals surface area contributed by atoms with E-state index in [1.54, 1.807) is 14.2 Å². The number of esters is 2. The van der Waals surface area contributed by atoms with Gasteiger partial charge in [-0.15, -0.1) is 0 Å². The van der Waals surface area contributed by atoms with Crippen LogP contribution < -0.4 is 4.74 Å². The Balaban J connectivity index is 1.12. The van der Waals surface area contributed by atoms with Gasteiger partial charge in [-0.05, 0) is 84.0 Å². The van der Waals surface area contributed by atoms with Crippen molar-refractivity contribution in [2.24, 2.45) is 22.7 Å². The lowest BCUT2D eigenvalue weighted by Gasteiger charge is -2.61. The van der Waals surface area contributed by atoms with Gasteiger partial charge in [0.1, 0.15) is 35.7 Å². The largest absolute Gasteiger partial charge is 0.497 e. The summed E-state index contributed by atoms with van der Waals surface area (Å²) in [5, 5.41) is 0. The van der Waals surface area contributed by atoms with Gasteiger partial charge in [-0.25, -0.2) is 4.79 Å². The second-order valence-electron chi connectivity index (χ2n) is 22.7. The molecule has 4 saturated heterocycles. The second kappa shape index (κ2) is 25.8. The van der Waals surface area contributed by atoms with Crippen LogP contribution in [0.25, 0.3) is 0 Å². The van der Waals surface area contributed by atoms with E-state index < -0.39 is 106 Å². The Morgan fingerprint density at radius 1 is 0.667 bits per heavy atom. The Morgan fingerprint density at radius 3 is 1.84 bits per heavy atom. The summed E-state index contributed by atoms with van der Waals surface area (Å²) in [5.41, 5.74) is -0.0827. The first kappa shape index (κ1) is 61.1. The molecule has 0 amide bonds. The molecule has 1 spiro atoms. The molecule has 81 heavy (non-hydrogen) atoms. The lowest BCUT2D eigenvalue weighted by molar-refractivity contribution is -0.303. The lowest BCUT2D eigenvalue weighted by Crippen LogP contribution is -2.72. The molecule has 0 N–H and O–H groups in total. The van der Waals surface area contributed by atoms with Gasteiger partial charge in [0.2, 0.25) is 0 Å². The highest BCUT2D eigenvalue weighted by molar-refractivity contribution is 6.74. The van der Waals surface area contributed by atoms with Gasteiger partial charge in [0.25, 0.3) is 5.79 Å². The Labute approximate surface area is 481 Å². The number of benzene rings is 3. The van der Waals surface area contributed by atoms with E-state index in [0.717, 1.165) is 58.7 Å². The number of carbonyl (C=O) groups is 2. The van der Waals surface area contributed by atoms with Crippen LogP contribution in [0.4, 0.5) is 0 Å². The van der Waals surface area contributed by atoms with Crippen molar-refractivity contribution in [1.29, 1.82) is 0 Å². The van der Waals surface area contributed by atoms with Crippen molar-refractivity contribution < 1.29 is 75.3 Å². The summed E-state index contributed by atoms with van der Waals surface area (Å²) in [7, 11) is 1.09. The van der Waals surface area contributed by atoms with E-state index in [4.69, 9.17) is 65.7 Å². The quantitative estimate of drug-likeness (QED) is 0.0447. The summed E-state index contributed by atoms with van der Waals surface area (Å²) < 4.78 is 93.4. The monoisotopic (exact) mass is 1150 g/mol. The fourth-order valence-corrected chi connectivity index (χ4v) is 20.2. The van der Waals surface area contributed by atoms with E-state index in [-0.39, 0.29) is 33.0 Å². The fraction of sp³-hybridized carbons (Fsp3) is 0.619. The van der Waals surface area contributed by atoms with Gasteiger partial charge in [0.05, 0.1) is 78.6 Å². The normalized spacial score (nSPS) is 32.3. The molecule has 3 aromatic rings. The topological polar surface area (TPSA) is 163 Å². The van der Waals surface area contributed by atoms with E-state index in [2.05, 4.69) is 53.4 Å². The van der Waals surface area contributed by atoms with Crippen molar-refractivity contribution >= 4 is 28.6 Å². The third kappa shape index (κ3) is 11.1. The first-order valence-electron chi connectivity index (χ1n) is 29.3. The van der Waals surface area contributed by atoms with Crippen molar-refractivity contribution in [1.82, 2.24) is 0 Å². The molecule has 4 heterocycles. The molecule has 6 aliphatic rings. The third-order valence-corrected chi connectivity index (χ3v) is 28.6. The minimum Gasteiger partial charge on any atom is -0.497 e. The predicted molar refractivity (Wildman–Crippen MR) is 306 cm³/mol. The van der Waals surface area contributed by atoms with E-state index in [9.17, 15) is 4.79 Å². The van der Waals surface area contributed by atoms with Gasteiger partial charge < -0.3 is 65.7 Å². The number of rotatable bonds is 25. The average molecular weight is 1160 g/mol. The number of methoxy groups -OCH3 is 4. The fourth-order valence-electron chi connectivity index (χ4n) is 14.4. The van der Waals surface area contributed by atoms with Crippen LogP contribution in [0.1, 0.15) is 84.4 Å². The smallest absolute Gasteiger partial charge is 0.367 e. The van der Waals surface area contributed by atoms with Crippen molar-refractivity contribution in [2.75, 3.05) is 48.3 Å². The van der Waals surface area contributed by atoms with Crippen LogP contribution in [-0.2, 0) is 90.4 Å². The maximum Gasteiger partial charge on any atom is 0.367 e. The highest BCUT2D eigenvalue weighted by Gasteiger charge is 2.82. The number of carbonyl (C=O) groups excluding carboxylic acids is 2. The molecular formula is C63H86O16Si2. The van der Waals surface area contributed by atoms with E-state index in [0.29, 0.717) is 37.2 Å². The molecule has 18 heteroatoms. The summed E-state index contributed by atoms with van der Waals surface area (Å²) in [6.07, 6.45) is -3.70. The summed E-state index contributed by atoms with van der Waals surface area (Å²) in [6, 6.07) is 32.6. The summed E-state index contributed by atoms with van der Waals surface area (Å²) in [5.74, 6) is 3.05. The van der Waals surface area contributed by atoms with E-state index in [1.807, 2.05) is 91.9 Å². The molecular weight excluding hydrogens is 1070 g/mol. The molecule has 2 aliphatic carbocycles. The molecule has 1 saturated carbocycles. The van der Waals surface area contributed by atoms with E-state index in [1.165, 1.54) is 14.2 Å². The zero-order valence-corrected chi connectivity index (χ0v) is 51.4. The van der Waals surface area contributed by atoms with Gasteiger partial charge in [-0.1, -0.05) is 126 Å². The Kier molecular flexibility index (Phi) is 19.5. The van der Waals surface area contributed by atoms with Crippen LogP contribution in [0.15, 0.2) is 96.3 Å². The average Bonchev–Trinajstić information content (AvgIpc) is 4.38. The molecule has 0 aromatic heterocycles. The van der Waals surface area contributed by atoms with Crippen molar-refractivity contribution in [3.8, 4) is 17.6 Å². The van der Waals surface area contributed by atoms with Crippen LogP contribution in [0.5, 0.6) is 5.75 Å². The van der Waals surface area contributed by atoms with Gasteiger partial charge in [0, 0.05) is 31.3 Å². The Hall–Kier alpha value is -4.47. The standard InChI is InChI=1S/C63H86O16Si2/c1-12-80(13-2,14-3)78-49-36-50(79-81(15-4,16-5)17-6)61(57(64)68-10)41-72-54-53(43(7)55-60(49,56(54)61)42-75-63(55,58(65)69-11)74-40-45-27-22-19-23-28-45)70-34-24-29-48-35-51(71-38-46-30-32-47(66-8)33-31-46)62(37-52(67-9)77-59(62)76-48)73-39-44-25-20-18-21-26-44/h18-23,25-28,30-33,48-52,54-56,59H,12-17,34-42H2,1-11H3/t48-,49+,50-,51+,52?,54+,55?,56-,59-,60-,61+,62+,63+/m1/s1. The highest BCUT2D eigenvalue weighted by atomic mass is 28.4. The van der Waals surface area contributed by atoms with Crippen LogP contribution in [-0.4, -0.2) is 131 Å². The predicted octanol–water partition coefficient (Wildman–Crippen LogP) is 10.4. The number of fused-ring (bicyclic) bond motifs is 1. The first-order valence-corrected chi connectivity index (χ1v) is 34.3. The zero-order chi connectivity index (χ0) is 57.6. The molecule has 0 radical (unpaired) electrons. The molecule has 3 aromatic carbocycles. The summed E-state index contributed by atoms with van der Waals surface area (Å²) >= 11 is 0. The molecule has 9 rings (SSSR count). The molecule has 13 atom stereocenters. The van der Waals surface area contributed by atoms with Crippen molar-refractivity contribution in [2.45, 2.75) is 178 Å². The minimum atomic E-state index is -2.48. The van der Waals surface area contributed by atoms with Crippen LogP contribution >= 0.6 is 0 Å². The number of hydrogen-bond acceptors (Lipinski definition) is 16. The maximum absolute atomic E-state index is 15.3. The SMILES string of the molecule is CC[Si](CC)(CC)O[C@H]1C[C@@H](O[Si](CC)(CC)CC)[C@@]2(C(=O)OC)CO[C@H]3C(OCC#C[C@@H]4C[C@H](OCc5ccc(OC)cc5)[C@@]5(OCc6ccccc6)CC(OC)O[C@H]5O4)=C(C)C4[C@@](OCc5ccccc5)(C(=O)OC)OC[C@]41[C@@H]32. The van der Waals surface area contributed by atoms with Crippen molar-refractivity contribution in [3.63, 3.8) is 0 Å². The lowest BCUT2D eigenvalue weighted by atomic mass is 9.45. The number of hydrogen-bond donors (Lipinski definition) is 0. The first-order chi connectivity index (χ1) is 39.2. The number of ether oxygens (including phenoxy) is 12. The zero-order valence-electron chi connectivity index (χ0n) is 49.4. The molecule has 5 fully saturated rings. The molecule has 16 nitrogen and oxygen atoms in total. The van der Waals surface area contributed by atoms with Crippen LogP contribution in [0, 0.1) is 34.5 Å². The molecule has 0 bridgehead atoms. The maximum atomic E-state index is 15.3. The van der Waals surface area contributed by atoms with Crippen LogP contribution in [0.2, 0.25) is 36.3 Å². The van der Waals surface area contributed by atoms with Crippen LogP contribution in [0.3, 0.4) is 0 Å². The Morgan fingerprint density at radius 2 is 1.26 bits per heavy atom. The van der Waals surface area contributed by atoms with E-state index >= 15 is 4.79 Å². The third-order valence-electron chi connectivity index (χ3n) is 19.3. The Bertz CT molecular complexity index is 2680. The second-order valence-corrected chi connectivity index (χ2v) is 32.1. The van der Waals surface area contributed by atoms with Gasteiger partial charge in [0.15, 0.2) is 34.8 Å². The van der Waals surface area contributed by atoms with Gasteiger partial charge in [-0.2, -0.15) is 0 Å². The molecule has 4 aliphatic heterocycles. The van der Waals surface area contributed by atoms with Crippen molar-refractivity contribution in [3.05, 3.63) is 113 Å². The molecule has 2 unspecified atom stereocenters. The van der Waals surface area contributed by atoms with Gasteiger partial charge >= 0.3 is 11.9 Å². The summed E-state index contributed by atoms with van der Waals surface area (Å²) in [6.45, 7) is 15.6. The van der Waals surface area contributed by atoms with Gasteiger partial charge in [-0.3, -0.25) is 4.79 Å².